The molecule has 3 nitrogen and oxygen atoms in total. The van der Waals surface area contributed by atoms with Crippen molar-refractivity contribution >= 4 is 61.0 Å². The van der Waals surface area contributed by atoms with Crippen molar-refractivity contribution in [3.63, 3.8) is 0 Å². The lowest BCUT2D eigenvalue weighted by atomic mass is 10.2. The summed E-state index contributed by atoms with van der Waals surface area (Å²) in [6, 6.07) is 2.06. The van der Waals surface area contributed by atoms with Crippen molar-refractivity contribution in [2.24, 2.45) is 0 Å². The van der Waals surface area contributed by atoms with E-state index in [2.05, 4.69) is 49.7 Å². The van der Waals surface area contributed by atoms with Crippen LogP contribution in [0.25, 0.3) is 10.9 Å². The Kier molecular flexibility index (Phi) is 3.85. The number of benzene rings is 1. The molecule has 0 saturated carbocycles. The Balaban J connectivity index is 2.13. The number of ether oxygens (including phenoxy) is 1. The van der Waals surface area contributed by atoms with Gasteiger partial charge in [0.1, 0.15) is 0 Å². The second-order valence-electron chi connectivity index (χ2n) is 4.33. The van der Waals surface area contributed by atoms with Gasteiger partial charge in [-0.05, 0) is 63.8 Å². The average Bonchev–Trinajstić information content (AvgIpc) is 2.81. The Hall–Kier alpha value is 0.150. The molecular weight excluding hydrogens is 430 g/mol. The van der Waals surface area contributed by atoms with E-state index in [9.17, 15) is 0 Å². The first-order chi connectivity index (χ1) is 8.68. The van der Waals surface area contributed by atoms with E-state index in [4.69, 9.17) is 16.3 Å². The fourth-order valence-electron chi connectivity index (χ4n) is 2.24. The molecule has 0 spiro atoms. The number of nitrogens with zero attached hydrogens (tertiary/aromatic N) is 2. The lowest BCUT2D eigenvalue weighted by Crippen LogP contribution is -2.18. The van der Waals surface area contributed by atoms with Crippen molar-refractivity contribution in [2.75, 3.05) is 6.61 Å². The number of fused-ring (bicyclic) bond motifs is 1. The van der Waals surface area contributed by atoms with Crippen LogP contribution >= 0.6 is 50.1 Å². The molecule has 0 bridgehead atoms. The molecule has 6 heteroatoms. The van der Waals surface area contributed by atoms with Crippen LogP contribution in [-0.4, -0.2) is 16.4 Å². The van der Waals surface area contributed by atoms with Gasteiger partial charge in [-0.15, -0.1) is 0 Å². The third-order valence-corrected chi connectivity index (χ3v) is 5.78. The number of rotatable bonds is 1. The van der Waals surface area contributed by atoms with Gasteiger partial charge in [-0.25, -0.2) is 4.68 Å². The zero-order chi connectivity index (χ0) is 12.7. The predicted octanol–water partition coefficient (Wildman–Crippen LogP) is 4.76. The SMILES string of the molecule is Clc1c(I)cc2c(cnn2C2CCCCO2)c1Br. The number of hydrogen-bond acceptors (Lipinski definition) is 2. The summed E-state index contributed by atoms with van der Waals surface area (Å²) >= 11 is 12.0. The van der Waals surface area contributed by atoms with Gasteiger partial charge in [0.2, 0.25) is 0 Å². The first kappa shape index (κ1) is 13.1. The molecule has 1 aromatic carbocycles. The summed E-state index contributed by atoms with van der Waals surface area (Å²) in [6.07, 6.45) is 5.26. The molecule has 0 amide bonds. The van der Waals surface area contributed by atoms with Crippen LogP contribution < -0.4 is 0 Å². The first-order valence-corrected chi connectivity index (χ1v) is 8.06. The van der Waals surface area contributed by atoms with Crippen LogP contribution in [0.5, 0.6) is 0 Å². The molecule has 96 valence electrons. The third kappa shape index (κ3) is 2.19. The van der Waals surface area contributed by atoms with Gasteiger partial charge >= 0.3 is 0 Å². The molecule has 2 heterocycles. The van der Waals surface area contributed by atoms with Gasteiger partial charge in [-0.3, -0.25) is 0 Å². The number of aromatic nitrogens is 2. The molecule has 1 aromatic heterocycles. The van der Waals surface area contributed by atoms with Crippen LogP contribution in [-0.2, 0) is 4.74 Å². The van der Waals surface area contributed by atoms with Gasteiger partial charge in [-0.2, -0.15) is 5.10 Å². The van der Waals surface area contributed by atoms with Crippen LogP contribution in [0.15, 0.2) is 16.7 Å². The summed E-state index contributed by atoms with van der Waals surface area (Å²) in [5.41, 5.74) is 1.07. The lowest BCUT2D eigenvalue weighted by Gasteiger charge is -2.23. The van der Waals surface area contributed by atoms with Crippen LogP contribution in [0.1, 0.15) is 25.5 Å². The highest BCUT2D eigenvalue weighted by molar-refractivity contribution is 14.1. The highest BCUT2D eigenvalue weighted by Gasteiger charge is 2.20. The molecule has 1 aliphatic rings. The van der Waals surface area contributed by atoms with Crippen LogP contribution in [0, 0.1) is 3.57 Å². The van der Waals surface area contributed by atoms with Gasteiger partial charge in [0.25, 0.3) is 0 Å². The normalized spacial score (nSPS) is 20.5. The Morgan fingerprint density at radius 1 is 1.50 bits per heavy atom. The molecule has 1 saturated heterocycles. The summed E-state index contributed by atoms with van der Waals surface area (Å²) in [5, 5.41) is 6.24. The van der Waals surface area contributed by atoms with E-state index in [-0.39, 0.29) is 6.23 Å². The average molecular weight is 441 g/mol. The van der Waals surface area contributed by atoms with E-state index in [0.717, 1.165) is 43.4 Å². The van der Waals surface area contributed by atoms with Gasteiger partial charge in [0, 0.05) is 20.0 Å². The minimum Gasteiger partial charge on any atom is -0.356 e. The van der Waals surface area contributed by atoms with Crippen molar-refractivity contribution in [2.45, 2.75) is 25.5 Å². The zero-order valence-electron chi connectivity index (χ0n) is 9.50. The largest absolute Gasteiger partial charge is 0.356 e. The zero-order valence-corrected chi connectivity index (χ0v) is 14.0. The Bertz CT molecular complexity index is 595. The summed E-state index contributed by atoms with van der Waals surface area (Å²) < 4.78 is 9.69. The Morgan fingerprint density at radius 2 is 2.33 bits per heavy atom. The molecule has 1 aliphatic heterocycles. The molecule has 1 fully saturated rings. The standard InChI is InChI=1S/C12H11BrClIN2O/c13-11-7-6-16-17(10-3-1-2-4-18-10)9(7)5-8(15)12(11)14/h5-6,10H,1-4H2. The quantitative estimate of drug-likeness (QED) is 0.472. The fourth-order valence-corrected chi connectivity index (χ4v) is 3.85. The minimum atomic E-state index is 0.0557. The Labute approximate surface area is 132 Å². The summed E-state index contributed by atoms with van der Waals surface area (Å²) in [4.78, 5) is 0. The topological polar surface area (TPSA) is 27.1 Å². The maximum Gasteiger partial charge on any atom is 0.150 e. The summed E-state index contributed by atoms with van der Waals surface area (Å²) in [7, 11) is 0. The van der Waals surface area contributed by atoms with Gasteiger partial charge in [0.05, 0.1) is 16.7 Å². The van der Waals surface area contributed by atoms with Gasteiger partial charge in [-0.1, -0.05) is 11.6 Å². The number of hydrogen-bond donors (Lipinski definition) is 0. The highest BCUT2D eigenvalue weighted by atomic mass is 127. The molecule has 2 aromatic rings. The minimum absolute atomic E-state index is 0.0557. The first-order valence-electron chi connectivity index (χ1n) is 5.81. The monoisotopic (exact) mass is 440 g/mol. The van der Waals surface area contributed by atoms with E-state index >= 15 is 0 Å². The predicted molar refractivity (Wildman–Crippen MR) is 84.0 cm³/mol. The van der Waals surface area contributed by atoms with E-state index in [1.54, 1.807) is 0 Å². The van der Waals surface area contributed by atoms with Gasteiger partial charge < -0.3 is 4.74 Å². The highest BCUT2D eigenvalue weighted by Crippen LogP contribution is 2.36. The second-order valence-corrected chi connectivity index (χ2v) is 6.66. The fraction of sp³-hybridized carbons (Fsp3) is 0.417. The molecular formula is C12H11BrClIN2O. The van der Waals surface area contributed by atoms with Crippen molar-refractivity contribution in [1.82, 2.24) is 9.78 Å². The van der Waals surface area contributed by atoms with Crippen LogP contribution in [0.4, 0.5) is 0 Å². The van der Waals surface area contributed by atoms with Crippen molar-refractivity contribution in [3.8, 4) is 0 Å². The van der Waals surface area contributed by atoms with E-state index in [1.807, 2.05) is 10.9 Å². The van der Waals surface area contributed by atoms with Crippen molar-refractivity contribution in [3.05, 3.63) is 25.3 Å². The Morgan fingerprint density at radius 3 is 3.06 bits per heavy atom. The van der Waals surface area contributed by atoms with Crippen LogP contribution in [0.3, 0.4) is 0 Å². The molecule has 3 rings (SSSR count). The molecule has 1 atom stereocenters. The molecule has 0 aliphatic carbocycles. The molecule has 1 unspecified atom stereocenters. The smallest absolute Gasteiger partial charge is 0.150 e. The number of halogens is 3. The second kappa shape index (κ2) is 5.26. The maximum absolute atomic E-state index is 6.23. The summed E-state index contributed by atoms with van der Waals surface area (Å²) in [5.74, 6) is 0. The van der Waals surface area contributed by atoms with E-state index in [0.29, 0.717) is 0 Å². The van der Waals surface area contributed by atoms with Crippen LogP contribution in [0.2, 0.25) is 5.02 Å². The molecule has 0 radical (unpaired) electrons. The van der Waals surface area contributed by atoms with Gasteiger partial charge in [0.15, 0.2) is 6.23 Å². The third-order valence-electron chi connectivity index (χ3n) is 3.16. The molecule has 18 heavy (non-hydrogen) atoms. The van der Waals surface area contributed by atoms with E-state index < -0.39 is 0 Å². The lowest BCUT2D eigenvalue weighted by molar-refractivity contribution is -0.0366. The molecule has 0 N–H and O–H groups in total. The van der Waals surface area contributed by atoms with Crippen molar-refractivity contribution < 1.29 is 4.74 Å². The van der Waals surface area contributed by atoms with E-state index in [1.165, 1.54) is 6.42 Å². The maximum atomic E-state index is 6.23. The summed E-state index contributed by atoms with van der Waals surface area (Å²) in [6.45, 7) is 0.817. The van der Waals surface area contributed by atoms with Crippen molar-refractivity contribution in [1.29, 1.82) is 0 Å².